The maximum absolute atomic E-state index is 11.5. The third kappa shape index (κ3) is 7.07. The maximum Gasteiger partial charge on any atom is 0.251 e. The lowest BCUT2D eigenvalue weighted by Gasteiger charge is -2.10. The van der Waals surface area contributed by atoms with E-state index in [4.69, 9.17) is 4.74 Å². The zero-order valence-corrected chi connectivity index (χ0v) is 13.0. The van der Waals surface area contributed by atoms with Gasteiger partial charge in [0.25, 0.3) is 5.56 Å². The van der Waals surface area contributed by atoms with Gasteiger partial charge < -0.3 is 14.8 Å². The van der Waals surface area contributed by atoms with Crippen molar-refractivity contribution in [2.45, 2.75) is 50.8 Å². The second-order valence-corrected chi connectivity index (χ2v) is 5.69. The Morgan fingerprint density at radius 3 is 2.95 bits per heavy atom. The van der Waals surface area contributed by atoms with E-state index in [1.54, 1.807) is 0 Å². The summed E-state index contributed by atoms with van der Waals surface area (Å²) in [5.41, 5.74) is 0.659. The molecule has 1 heterocycles. The van der Waals surface area contributed by atoms with E-state index in [-0.39, 0.29) is 5.56 Å². The Balaban J connectivity index is 2.38. The average Bonchev–Trinajstić information content (AvgIpc) is 2.41. The van der Waals surface area contributed by atoms with Gasteiger partial charge in [-0.1, -0.05) is 38.5 Å². The number of aryl methyl sites for hydroxylation is 1. The van der Waals surface area contributed by atoms with Crippen molar-refractivity contribution >= 4 is 11.8 Å². The number of aliphatic hydroxyl groups excluding tert-OH is 1. The first-order valence-electron chi connectivity index (χ1n) is 7.14. The molecule has 1 atom stereocenters. The van der Waals surface area contributed by atoms with E-state index in [2.05, 4.69) is 16.9 Å². The van der Waals surface area contributed by atoms with Gasteiger partial charge in [-0.05, 0) is 12.8 Å². The highest BCUT2D eigenvalue weighted by Crippen LogP contribution is 2.13. The number of nitrogens with zero attached hydrogens (tertiary/aromatic N) is 1. The highest BCUT2D eigenvalue weighted by atomic mass is 32.2. The molecular formula is C14H24N2O3S. The summed E-state index contributed by atoms with van der Waals surface area (Å²) in [5.74, 6) is 0.463. The van der Waals surface area contributed by atoms with Crippen LogP contribution >= 0.6 is 11.8 Å². The number of ether oxygens (including phenoxy) is 1. The van der Waals surface area contributed by atoms with Crippen LogP contribution in [0.25, 0.3) is 0 Å². The lowest BCUT2D eigenvalue weighted by atomic mass is 10.2. The third-order valence-electron chi connectivity index (χ3n) is 2.64. The van der Waals surface area contributed by atoms with Crippen molar-refractivity contribution < 1.29 is 9.84 Å². The Bertz CT molecular complexity index is 437. The number of hydrogen-bond acceptors (Lipinski definition) is 5. The maximum atomic E-state index is 11.5. The van der Waals surface area contributed by atoms with Crippen molar-refractivity contribution in [2.24, 2.45) is 0 Å². The Hall–Kier alpha value is -0.850. The number of H-pyrrole nitrogens is 1. The lowest BCUT2D eigenvalue weighted by molar-refractivity contribution is 0.0473. The molecule has 1 aromatic rings. The number of unbranched alkanes of at least 4 members (excludes halogenated alkanes) is 1. The Labute approximate surface area is 124 Å². The number of rotatable bonds is 10. The number of aliphatic hydroxyl groups is 1. The summed E-state index contributed by atoms with van der Waals surface area (Å²) in [4.78, 5) is 18.5. The van der Waals surface area contributed by atoms with Crippen LogP contribution in [0.5, 0.6) is 0 Å². The number of aromatic nitrogens is 2. The van der Waals surface area contributed by atoms with Crippen molar-refractivity contribution in [3.8, 4) is 0 Å². The van der Waals surface area contributed by atoms with Crippen molar-refractivity contribution in [1.29, 1.82) is 0 Å². The van der Waals surface area contributed by atoms with Gasteiger partial charge in [0.2, 0.25) is 0 Å². The molecule has 114 valence electrons. The molecular weight excluding hydrogens is 276 g/mol. The van der Waals surface area contributed by atoms with Crippen LogP contribution in [0.4, 0.5) is 0 Å². The van der Waals surface area contributed by atoms with Crippen molar-refractivity contribution in [3.63, 3.8) is 0 Å². The molecule has 0 saturated carbocycles. The highest BCUT2D eigenvalue weighted by molar-refractivity contribution is 7.99. The van der Waals surface area contributed by atoms with Crippen LogP contribution < -0.4 is 5.56 Å². The predicted octanol–water partition coefficient (Wildman–Crippen LogP) is 1.99. The monoisotopic (exact) mass is 300 g/mol. The van der Waals surface area contributed by atoms with Gasteiger partial charge in [0.1, 0.15) is 0 Å². The summed E-state index contributed by atoms with van der Waals surface area (Å²) in [6, 6.07) is 1.53. The molecule has 0 aliphatic carbocycles. The molecule has 0 spiro atoms. The topological polar surface area (TPSA) is 75.2 Å². The summed E-state index contributed by atoms with van der Waals surface area (Å²) < 4.78 is 5.35. The van der Waals surface area contributed by atoms with Crippen LogP contribution in [0.3, 0.4) is 0 Å². The summed E-state index contributed by atoms with van der Waals surface area (Å²) in [6.07, 6.45) is 3.29. The molecule has 0 saturated heterocycles. The Morgan fingerprint density at radius 1 is 1.45 bits per heavy atom. The highest BCUT2D eigenvalue weighted by Gasteiger charge is 2.08. The molecule has 2 N–H and O–H groups in total. The zero-order chi connectivity index (χ0) is 14.8. The van der Waals surface area contributed by atoms with Gasteiger partial charge in [-0.2, -0.15) is 0 Å². The number of hydrogen-bond donors (Lipinski definition) is 2. The average molecular weight is 300 g/mol. The fourth-order valence-electron chi connectivity index (χ4n) is 1.63. The van der Waals surface area contributed by atoms with E-state index in [0.717, 1.165) is 31.4 Å². The van der Waals surface area contributed by atoms with Gasteiger partial charge >= 0.3 is 0 Å². The van der Waals surface area contributed by atoms with Crippen LogP contribution in [-0.4, -0.2) is 40.1 Å². The van der Waals surface area contributed by atoms with E-state index < -0.39 is 6.10 Å². The van der Waals surface area contributed by atoms with Crippen LogP contribution in [0.2, 0.25) is 0 Å². The minimum atomic E-state index is -0.544. The number of thioether (sulfide) groups is 1. The molecule has 0 aliphatic rings. The Kier molecular flexibility index (Phi) is 8.57. The fourth-order valence-corrected chi connectivity index (χ4v) is 2.43. The van der Waals surface area contributed by atoms with Crippen LogP contribution in [0.1, 0.15) is 38.8 Å². The standard InChI is InChI=1S/C14H24N2O3S/c1-3-5-7-19-9-12(17)10-20-14-15-11(6-4-2)8-13(18)16-14/h8,12,17H,3-7,9-10H2,1-2H3,(H,15,16,18). The molecule has 6 heteroatoms. The third-order valence-corrected chi connectivity index (χ3v) is 3.66. The normalized spacial score (nSPS) is 12.6. The number of nitrogens with one attached hydrogen (secondary N) is 1. The van der Waals surface area contributed by atoms with Crippen LogP contribution in [-0.2, 0) is 11.2 Å². The quantitative estimate of drug-likeness (QED) is 0.393. The molecule has 0 aromatic carbocycles. The van der Waals surface area contributed by atoms with Crippen molar-refractivity contribution in [1.82, 2.24) is 9.97 Å². The zero-order valence-electron chi connectivity index (χ0n) is 12.2. The molecule has 0 aliphatic heterocycles. The van der Waals surface area contributed by atoms with E-state index in [9.17, 15) is 9.90 Å². The van der Waals surface area contributed by atoms with Crippen molar-refractivity contribution in [2.75, 3.05) is 19.0 Å². The summed E-state index contributed by atoms with van der Waals surface area (Å²) in [5, 5.41) is 10.3. The van der Waals surface area contributed by atoms with Crippen molar-refractivity contribution in [3.05, 3.63) is 22.1 Å². The molecule has 5 nitrogen and oxygen atoms in total. The SMILES string of the molecule is CCCCOCC(O)CSc1nc(CCC)cc(=O)[nH]1. The van der Waals surface area contributed by atoms with Gasteiger partial charge in [0.15, 0.2) is 5.16 Å². The first-order valence-corrected chi connectivity index (χ1v) is 8.13. The molecule has 0 radical (unpaired) electrons. The first-order chi connectivity index (χ1) is 9.65. The van der Waals surface area contributed by atoms with Crippen LogP contribution in [0, 0.1) is 0 Å². The molecule has 0 fully saturated rings. The van der Waals surface area contributed by atoms with E-state index in [0.29, 0.717) is 24.1 Å². The Morgan fingerprint density at radius 2 is 2.25 bits per heavy atom. The van der Waals surface area contributed by atoms with Crippen LogP contribution in [0.15, 0.2) is 16.0 Å². The molecule has 0 amide bonds. The molecule has 1 rings (SSSR count). The molecule has 0 bridgehead atoms. The fraction of sp³-hybridized carbons (Fsp3) is 0.714. The van der Waals surface area contributed by atoms with Gasteiger partial charge in [-0.15, -0.1) is 0 Å². The minimum Gasteiger partial charge on any atom is -0.390 e. The van der Waals surface area contributed by atoms with Gasteiger partial charge in [0.05, 0.1) is 12.7 Å². The van der Waals surface area contributed by atoms with E-state index in [1.807, 2.05) is 6.92 Å². The summed E-state index contributed by atoms with van der Waals surface area (Å²) in [6.45, 7) is 5.15. The number of aromatic amines is 1. The lowest BCUT2D eigenvalue weighted by Crippen LogP contribution is -2.19. The largest absolute Gasteiger partial charge is 0.390 e. The first kappa shape index (κ1) is 17.2. The van der Waals surface area contributed by atoms with Gasteiger partial charge in [-0.3, -0.25) is 4.79 Å². The predicted molar refractivity (Wildman–Crippen MR) is 81.3 cm³/mol. The second-order valence-electron chi connectivity index (χ2n) is 4.69. The summed E-state index contributed by atoms with van der Waals surface area (Å²) in [7, 11) is 0. The molecule has 1 unspecified atom stereocenters. The second kappa shape index (κ2) is 9.96. The van der Waals surface area contributed by atoms with E-state index in [1.165, 1.54) is 17.8 Å². The smallest absolute Gasteiger partial charge is 0.251 e. The van der Waals surface area contributed by atoms with Gasteiger partial charge in [0, 0.05) is 24.1 Å². The molecule has 20 heavy (non-hydrogen) atoms. The minimum absolute atomic E-state index is 0.139. The van der Waals surface area contributed by atoms with E-state index >= 15 is 0 Å². The van der Waals surface area contributed by atoms with Gasteiger partial charge in [-0.25, -0.2) is 4.98 Å². The summed E-state index contributed by atoms with van der Waals surface area (Å²) >= 11 is 1.35. The molecule has 1 aromatic heterocycles.